The molecule has 0 aromatic carbocycles. The largest absolute Gasteiger partial charge is 0.469 e. The summed E-state index contributed by atoms with van der Waals surface area (Å²) in [7, 11) is 1.57. The van der Waals surface area contributed by atoms with E-state index < -0.39 is 0 Å². The zero-order valence-corrected chi connectivity index (χ0v) is 15.9. The van der Waals surface area contributed by atoms with Crippen molar-refractivity contribution in [1.82, 2.24) is 0 Å². The van der Waals surface area contributed by atoms with E-state index in [1.165, 1.54) is 44.9 Å². The van der Waals surface area contributed by atoms with Crippen LogP contribution in [0.2, 0.25) is 0 Å². The molecule has 3 aliphatic rings. The van der Waals surface area contributed by atoms with Crippen molar-refractivity contribution in [2.45, 2.75) is 79.1 Å². The Kier molecular flexibility index (Phi) is 4.57. The van der Waals surface area contributed by atoms with E-state index in [9.17, 15) is 4.79 Å². The molecule has 0 aromatic heterocycles. The molecule has 0 spiro atoms. The minimum Gasteiger partial charge on any atom is -0.469 e. The molecule has 2 nitrogen and oxygen atoms in total. The average Bonchev–Trinajstić information content (AvgIpc) is 2.53. The van der Waals surface area contributed by atoms with Crippen molar-refractivity contribution >= 4 is 5.97 Å². The Labute approximate surface area is 142 Å². The lowest BCUT2D eigenvalue weighted by Gasteiger charge is -2.61. The molecule has 3 saturated carbocycles. The first-order chi connectivity index (χ1) is 10.8. The second-order valence-corrected chi connectivity index (χ2v) is 9.58. The highest BCUT2D eigenvalue weighted by Crippen LogP contribution is 2.64. The van der Waals surface area contributed by atoms with Crippen molar-refractivity contribution in [3.05, 3.63) is 0 Å². The molecule has 0 saturated heterocycles. The van der Waals surface area contributed by atoms with Crippen LogP contribution < -0.4 is 0 Å². The molecule has 0 aliphatic heterocycles. The SMILES string of the molecule is COC(=O)[C@]1(C)CCC[C@]2(C)[C@@H]3CC[C@H](C(C)C)C[C@H]3CC[C@H]21. The Bertz CT molecular complexity index is 457. The van der Waals surface area contributed by atoms with E-state index in [4.69, 9.17) is 4.74 Å². The molecule has 23 heavy (non-hydrogen) atoms. The first-order valence-corrected chi connectivity index (χ1v) is 9.91. The third-order valence-electron chi connectivity index (χ3n) is 8.27. The predicted molar refractivity (Wildman–Crippen MR) is 94.0 cm³/mol. The lowest BCUT2D eigenvalue weighted by molar-refractivity contribution is -0.176. The van der Waals surface area contributed by atoms with Crippen LogP contribution in [0.4, 0.5) is 0 Å². The molecule has 132 valence electrons. The monoisotopic (exact) mass is 320 g/mol. The third-order valence-corrected chi connectivity index (χ3v) is 8.27. The van der Waals surface area contributed by atoms with Crippen LogP contribution >= 0.6 is 0 Å². The summed E-state index contributed by atoms with van der Waals surface area (Å²) in [5.74, 6) is 4.05. The predicted octanol–water partition coefficient (Wildman–Crippen LogP) is 5.45. The molecule has 0 N–H and O–H groups in total. The van der Waals surface area contributed by atoms with Crippen molar-refractivity contribution in [2.75, 3.05) is 7.11 Å². The van der Waals surface area contributed by atoms with Crippen LogP contribution in [0.15, 0.2) is 0 Å². The molecule has 0 aromatic rings. The number of esters is 1. The number of carbonyl (C=O) groups is 1. The number of rotatable bonds is 2. The van der Waals surface area contributed by atoms with Gasteiger partial charge in [-0.3, -0.25) is 4.79 Å². The fraction of sp³-hybridized carbons (Fsp3) is 0.952. The number of hydrogen-bond donors (Lipinski definition) is 0. The summed E-state index contributed by atoms with van der Waals surface area (Å²) in [6, 6.07) is 0. The molecule has 6 atom stereocenters. The Morgan fingerprint density at radius 1 is 1.09 bits per heavy atom. The van der Waals surface area contributed by atoms with Gasteiger partial charge in [-0.05, 0) is 86.9 Å². The fourth-order valence-corrected chi connectivity index (χ4v) is 6.96. The number of ether oxygens (including phenoxy) is 1. The van der Waals surface area contributed by atoms with Gasteiger partial charge in [-0.25, -0.2) is 0 Å². The molecule has 0 radical (unpaired) electrons. The van der Waals surface area contributed by atoms with E-state index in [2.05, 4.69) is 27.7 Å². The summed E-state index contributed by atoms with van der Waals surface area (Å²) >= 11 is 0. The van der Waals surface area contributed by atoms with Gasteiger partial charge >= 0.3 is 5.97 Å². The summed E-state index contributed by atoms with van der Waals surface area (Å²) in [6.07, 6.45) is 10.3. The van der Waals surface area contributed by atoms with E-state index in [0.717, 1.165) is 30.1 Å². The normalized spacial score (nSPS) is 46.9. The molecular weight excluding hydrogens is 284 g/mol. The standard InChI is InChI=1S/C21H36O2/c1-14(2)15-7-9-17-16(13-15)8-10-18-20(17,3)11-6-12-21(18,4)19(22)23-5/h14-18H,6-13H2,1-5H3/t15-,16+,17+,18+,20+,21+/m0/s1. The first-order valence-electron chi connectivity index (χ1n) is 9.91. The fourth-order valence-electron chi connectivity index (χ4n) is 6.96. The molecule has 0 amide bonds. The van der Waals surface area contributed by atoms with E-state index >= 15 is 0 Å². The summed E-state index contributed by atoms with van der Waals surface area (Å²) in [4.78, 5) is 12.6. The van der Waals surface area contributed by atoms with Crippen LogP contribution in [0.1, 0.15) is 79.1 Å². The van der Waals surface area contributed by atoms with Gasteiger partial charge in [0.05, 0.1) is 12.5 Å². The van der Waals surface area contributed by atoms with E-state index in [-0.39, 0.29) is 11.4 Å². The zero-order chi connectivity index (χ0) is 16.8. The van der Waals surface area contributed by atoms with Gasteiger partial charge in [-0.15, -0.1) is 0 Å². The Morgan fingerprint density at radius 2 is 1.83 bits per heavy atom. The molecule has 0 unspecified atom stereocenters. The van der Waals surface area contributed by atoms with Gasteiger partial charge in [0.15, 0.2) is 0 Å². The molecule has 3 aliphatic carbocycles. The first kappa shape index (κ1) is 17.3. The maximum absolute atomic E-state index is 12.6. The smallest absolute Gasteiger partial charge is 0.311 e. The van der Waals surface area contributed by atoms with Gasteiger partial charge in [-0.1, -0.05) is 27.2 Å². The van der Waals surface area contributed by atoms with Crippen LogP contribution in [-0.4, -0.2) is 13.1 Å². The van der Waals surface area contributed by atoms with Crippen LogP contribution in [0.3, 0.4) is 0 Å². The van der Waals surface area contributed by atoms with Crippen molar-refractivity contribution in [1.29, 1.82) is 0 Å². The summed E-state index contributed by atoms with van der Waals surface area (Å²) < 4.78 is 5.23. The number of hydrogen-bond acceptors (Lipinski definition) is 2. The number of carbonyl (C=O) groups excluding carboxylic acids is 1. The van der Waals surface area contributed by atoms with Crippen LogP contribution in [0, 0.1) is 40.4 Å². The molecular formula is C21H36O2. The van der Waals surface area contributed by atoms with Crippen molar-refractivity contribution in [3.63, 3.8) is 0 Å². The van der Waals surface area contributed by atoms with Gasteiger partial charge < -0.3 is 4.74 Å². The zero-order valence-electron chi connectivity index (χ0n) is 15.9. The molecule has 0 heterocycles. The number of fused-ring (bicyclic) bond motifs is 3. The quantitative estimate of drug-likeness (QED) is 0.632. The van der Waals surface area contributed by atoms with Crippen LogP contribution in [-0.2, 0) is 9.53 Å². The van der Waals surface area contributed by atoms with E-state index in [0.29, 0.717) is 11.3 Å². The minimum atomic E-state index is -0.248. The van der Waals surface area contributed by atoms with Crippen molar-refractivity contribution in [3.8, 4) is 0 Å². The van der Waals surface area contributed by atoms with E-state index in [1.54, 1.807) is 7.11 Å². The van der Waals surface area contributed by atoms with Gasteiger partial charge in [0, 0.05) is 0 Å². The highest BCUT2D eigenvalue weighted by molar-refractivity contribution is 5.77. The van der Waals surface area contributed by atoms with Crippen LogP contribution in [0.25, 0.3) is 0 Å². The van der Waals surface area contributed by atoms with Gasteiger partial charge in [0.2, 0.25) is 0 Å². The molecule has 2 heteroatoms. The van der Waals surface area contributed by atoms with Crippen molar-refractivity contribution in [2.24, 2.45) is 40.4 Å². The topological polar surface area (TPSA) is 26.3 Å². The van der Waals surface area contributed by atoms with Crippen molar-refractivity contribution < 1.29 is 9.53 Å². The Morgan fingerprint density at radius 3 is 2.48 bits per heavy atom. The van der Waals surface area contributed by atoms with Crippen LogP contribution in [0.5, 0.6) is 0 Å². The summed E-state index contributed by atoms with van der Waals surface area (Å²) in [5, 5.41) is 0. The summed E-state index contributed by atoms with van der Waals surface area (Å²) in [6.45, 7) is 9.51. The second-order valence-electron chi connectivity index (χ2n) is 9.58. The molecule has 0 bridgehead atoms. The second kappa shape index (κ2) is 6.08. The van der Waals surface area contributed by atoms with Gasteiger partial charge in [-0.2, -0.15) is 0 Å². The molecule has 3 rings (SSSR count). The molecule has 3 fully saturated rings. The third kappa shape index (κ3) is 2.65. The van der Waals surface area contributed by atoms with E-state index in [1.807, 2.05) is 0 Å². The van der Waals surface area contributed by atoms with Gasteiger partial charge in [0.25, 0.3) is 0 Å². The number of methoxy groups -OCH3 is 1. The summed E-state index contributed by atoms with van der Waals surface area (Å²) in [5.41, 5.74) is 0.105. The highest BCUT2D eigenvalue weighted by Gasteiger charge is 2.59. The average molecular weight is 321 g/mol. The highest BCUT2D eigenvalue weighted by atomic mass is 16.5. The maximum atomic E-state index is 12.6. The minimum absolute atomic E-state index is 0.0442. The maximum Gasteiger partial charge on any atom is 0.311 e. The lowest BCUT2D eigenvalue weighted by Crippen LogP contribution is -2.56. The Balaban J connectivity index is 1.85. The Hall–Kier alpha value is -0.530. The lowest BCUT2D eigenvalue weighted by atomic mass is 9.43. The van der Waals surface area contributed by atoms with Gasteiger partial charge in [0.1, 0.15) is 0 Å².